The van der Waals surface area contributed by atoms with Gasteiger partial charge in [0.15, 0.2) is 16.2 Å². The number of likely N-dealkylation sites (tertiary alicyclic amines) is 1. The van der Waals surface area contributed by atoms with E-state index in [1.54, 1.807) is 11.3 Å². The summed E-state index contributed by atoms with van der Waals surface area (Å²) in [6.45, 7) is 4.51. The molecule has 1 fully saturated rings. The number of nitrogens with one attached hydrogen (secondary N) is 1. The highest BCUT2D eigenvalue weighted by molar-refractivity contribution is 7.14. The van der Waals surface area contributed by atoms with Gasteiger partial charge in [-0.15, -0.1) is 15.7 Å². The van der Waals surface area contributed by atoms with Crippen LogP contribution in [0.2, 0.25) is 0 Å². The lowest BCUT2D eigenvalue weighted by Crippen LogP contribution is -2.29. The average molecular weight is 370 g/mol. The Balaban J connectivity index is 1.44. The summed E-state index contributed by atoms with van der Waals surface area (Å²) < 4.78 is 23.3. The molecule has 2 aromatic rings. The van der Waals surface area contributed by atoms with Crippen LogP contribution in [0.3, 0.4) is 0 Å². The number of aromatic nitrogens is 2. The van der Waals surface area contributed by atoms with E-state index in [1.807, 2.05) is 0 Å². The van der Waals surface area contributed by atoms with E-state index >= 15 is 0 Å². The van der Waals surface area contributed by atoms with E-state index in [9.17, 15) is 4.55 Å². The van der Waals surface area contributed by atoms with Gasteiger partial charge in [0.25, 0.3) is 0 Å². The molecule has 1 atom stereocenters. The molecular formula is C15H23N5O2S2. The summed E-state index contributed by atoms with van der Waals surface area (Å²) in [6.07, 6.45) is 4.72. The second-order valence-electron chi connectivity index (χ2n) is 5.83. The number of ether oxygens (including phenoxy) is 1. The van der Waals surface area contributed by atoms with Gasteiger partial charge in [-0.1, -0.05) is 6.42 Å². The van der Waals surface area contributed by atoms with Gasteiger partial charge >= 0.3 is 0 Å². The highest BCUT2D eigenvalue weighted by atomic mass is 32.2. The number of hydrogen-bond donors (Lipinski definition) is 2. The molecule has 0 aromatic carbocycles. The number of rotatable bonds is 7. The lowest BCUT2D eigenvalue weighted by atomic mass is 10.1. The predicted octanol–water partition coefficient (Wildman–Crippen LogP) is 2.14. The van der Waals surface area contributed by atoms with Gasteiger partial charge in [0.05, 0.1) is 6.61 Å². The molecule has 0 amide bonds. The van der Waals surface area contributed by atoms with Crippen LogP contribution in [0.4, 0.5) is 5.82 Å². The number of hydrogen-bond acceptors (Lipinski definition) is 7. The van der Waals surface area contributed by atoms with Gasteiger partial charge in [-0.3, -0.25) is 9.89 Å². The van der Waals surface area contributed by atoms with Gasteiger partial charge in [0.1, 0.15) is 0 Å². The molecule has 1 saturated heterocycles. The largest absolute Gasteiger partial charge is 0.548 e. The van der Waals surface area contributed by atoms with Crippen molar-refractivity contribution in [3.05, 3.63) is 22.5 Å². The van der Waals surface area contributed by atoms with Gasteiger partial charge in [-0.05, 0) is 37.4 Å². The Bertz CT molecular complexity index is 703. The molecule has 0 aliphatic carbocycles. The number of nitrogen functional groups attached to an aromatic ring is 1. The van der Waals surface area contributed by atoms with Crippen molar-refractivity contribution in [1.29, 1.82) is 0 Å². The lowest BCUT2D eigenvalue weighted by molar-refractivity contribution is 0.217. The number of nitrogens with two attached hydrogens (primary N) is 1. The average Bonchev–Trinajstić information content (AvgIpc) is 3.14. The van der Waals surface area contributed by atoms with Crippen LogP contribution in [-0.2, 0) is 6.54 Å². The van der Waals surface area contributed by atoms with Gasteiger partial charge in [0.2, 0.25) is 11.3 Å². The number of anilines is 1. The topological polar surface area (TPSA) is 103 Å². The molecule has 9 heteroatoms. The van der Waals surface area contributed by atoms with Crippen molar-refractivity contribution < 1.29 is 9.29 Å². The van der Waals surface area contributed by atoms with Crippen molar-refractivity contribution in [2.75, 3.05) is 32.0 Å². The van der Waals surface area contributed by atoms with Crippen LogP contribution in [0.15, 0.2) is 16.4 Å². The first-order valence-electron chi connectivity index (χ1n) is 8.21. The second kappa shape index (κ2) is 8.61. The number of H-pyrrole nitrogens is 1. The molecule has 3 heterocycles. The van der Waals surface area contributed by atoms with E-state index in [2.05, 4.69) is 30.1 Å². The third-order valence-electron chi connectivity index (χ3n) is 3.96. The predicted molar refractivity (Wildman–Crippen MR) is 95.6 cm³/mol. The molecule has 2 aromatic heterocycles. The highest BCUT2D eigenvalue weighted by Crippen LogP contribution is 2.28. The van der Waals surface area contributed by atoms with Crippen LogP contribution < -0.4 is 16.0 Å². The van der Waals surface area contributed by atoms with Crippen molar-refractivity contribution in [3.63, 3.8) is 0 Å². The van der Waals surface area contributed by atoms with Crippen molar-refractivity contribution >= 4 is 28.3 Å². The zero-order valence-electron chi connectivity index (χ0n) is 13.6. The Morgan fingerprint density at radius 2 is 2.25 bits per heavy atom. The quantitative estimate of drug-likeness (QED) is 0.575. The lowest BCUT2D eigenvalue weighted by Gasteiger charge is -2.26. The maximum atomic E-state index is 11.1. The van der Waals surface area contributed by atoms with Crippen molar-refractivity contribution in [2.24, 2.45) is 4.99 Å². The first-order valence-corrected chi connectivity index (χ1v) is 10.2. The third kappa shape index (κ3) is 4.79. The molecule has 0 bridgehead atoms. The van der Waals surface area contributed by atoms with E-state index in [0.29, 0.717) is 18.6 Å². The number of nitrogens with zero attached hydrogens (tertiary/aromatic N) is 3. The van der Waals surface area contributed by atoms with Crippen LogP contribution in [0.1, 0.15) is 31.2 Å². The summed E-state index contributed by atoms with van der Waals surface area (Å²) in [4.78, 5) is 6.76. The Hall–Kier alpha value is -1.42. The maximum Gasteiger partial charge on any atom is 0.229 e. The van der Waals surface area contributed by atoms with Gasteiger partial charge in [0, 0.05) is 29.4 Å². The van der Waals surface area contributed by atoms with E-state index in [4.69, 9.17) is 10.5 Å². The Kier molecular flexibility index (Phi) is 6.24. The molecular weight excluding hydrogens is 346 g/mol. The van der Waals surface area contributed by atoms with E-state index < -0.39 is 11.1 Å². The number of piperidine rings is 1. The molecule has 0 spiro atoms. The smallest absolute Gasteiger partial charge is 0.229 e. The Labute approximate surface area is 148 Å². The van der Waals surface area contributed by atoms with Crippen molar-refractivity contribution in [3.8, 4) is 5.06 Å². The fraction of sp³-hybridized carbons (Fsp3) is 0.600. The molecule has 0 saturated carbocycles. The molecule has 132 valence electrons. The van der Waals surface area contributed by atoms with Crippen LogP contribution in [-0.4, -0.2) is 44.4 Å². The standard InChI is InChI=1S/C15H23N5O2S2/c16-13-14(19-24(21)18-13)17-6-4-9-22-15-12(5-10-23-15)11-20-7-2-1-3-8-20/h5,10H,1-4,6-9,11H2,(H2,16,18)(H,17,19). The third-order valence-corrected chi connectivity index (χ3v) is 5.56. The minimum atomic E-state index is -1.47. The molecule has 1 aliphatic rings. The fourth-order valence-corrected chi connectivity index (χ4v) is 4.18. The Morgan fingerprint density at radius 3 is 3.00 bits per heavy atom. The monoisotopic (exact) mass is 369 g/mol. The van der Waals surface area contributed by atoms with Gasteiger partial charge in [-0.2, -0.15) is 0 Å². The second-order valence-corrected chi connectivity index (χ2v) is 7.59. The summed E-state index contributed by atoms with van der Waals surface area (Å²) in [7, 11) is 0. The summed E-state index contributed by atoms with van der Waals surface area (Å²) >= 11 is 0.172. The highest BCUT2D eigenvalue weighted by Gasteiger charge is 2.14. The van der Waals surface area contributed by atoms with Gasteiger partial charge < -0.3 is 15.0 Å². The Morgan fingerprint density at radius 1 is 1.42 bits per heavy atom. The van der Waals surface area contributed by atoms with Crippen LogP contribution in [0.5, 0.6) is 5.06 Å². The summed E-state index contributed by atoms with van der Waals surface area (Å²) in [6, 6.07) is 2.16. The fourth-order valence-electron chi connectivity index (χ4n) is 2.75. The molecule has 3 rings (SSSR count). The molecule has 7 nitrogen and oxygen atoms in total. The first-order chi connectivity index (χ1) is 11.7. The minimum absolute atomic E-state index is 0.205. The zero-order valence-corrected chi connectivity index (χ0v) is 15.2. The minimum Gasteiger partial charge on any atom is -0.548 e. The van der Waals surface area contributed by atoms with E-state index in [-0.39, 0.29) is 5.82 Å². The van der Waals surface area contributed by atoms with E-state index in [1.165, 1.54) is 37.9 Å². The van der Waals surface area contributed by atoms with Crippen molar-refractivity contribution in [1.82, 2.24) is 13.6 Å². The zero-order chi connectivity index (χ0) is 16.8. The summed E-state index contributed by atoms with van der Waals surface area (Å²) in [5, 5.41) is 3.10. The molecule has 1 aliphatic heterocycles. The van der Waals surface area contributed by atoms with Crippen LogP contribution >= 0.6 is 22.5 Å². The van der Waals surface area contributed by atoms with E-state index in [0.717, 1.165) is 18.0 Å². The summed E-state index contributed by atoms with van der Waals surface area (Å²) in [5.41, 5.74) is 7.29. The molecule has 24 heavy (non-hydrogen) atoms. The maximum absolute atomic E-state index is 11.1. The number of thiophene rings is 1. The first kappa shape index (κ1) is 17.4. The van der Waals surface area contributed by atoms with Crippen molar-refractivity contribution in [2.45, 2.75) is 32.2 Å². The molecule has 1 unspecified atom stereocenters. The molecule has 3 N–H and O–H groups in total. The summed E-state index contributed by atoms with van der Waals surface area (Å²) in [5.74, 6) is 0.205. The SMILES string of the molecule is Nc1n[s+]([O-])[nH]c1=NCCCOc1sccc1CN1CCCCC1. The number of aromatic amines is 1. The molecule has 0 radical (unpaired) electrons. The normalized spacial score (nSPS) is 17.4. The van der Waals surface area contributed by atoms with Crippen LogP contribution in [0.25, 0.3) is 0 Å². The van der Waals surface area contributed by atoms with Gasteiger partial charge in [-0.25, -0.2) is 0 Å². The van der Waals surface area contributed by atoms with Crippen LogP contribution in [0, 0.1) is 0 Å².